The molecule has 2 nitrogen and oxygen atoms in total. The maximum Gasteiger partial charge on any atom is 0.0363 e. The molecule has 2 heteroatoms. The minimum Gasteiger partial charge on any atom is -0.375 e. The molecule has 1 fully saturated rings. The number of para-hydroxylation sites is 1. The zero-order valence-corrected chi connectivity index (χ0v) is 11.6. The van der Waals surface area contributed by atoms with Crippen molar-refractivity contribution in [3.8, 4) is 0 Å². The number of hydrogen-bond acceptors (Lipinski definition) is 2. The molecule has 1 aliphatic rings. The first-order valence-electron chi connectivity index (χ1n) is 7.22. The lowest BCUT2D eigenvalue weighted by molar-refractivity contribution is 0.185. The van der Waals surface area contributed by atoms with Gasteiger partial charge in [-0.3, -0.25) is 0 Å². The van der Waals surface area contributed by atoms with Gasteiger partial charge in [0.2, 0.25) is 0 Å². The zero-order chi connectivity index (χ0) is 12.8. The van der Waals surface area contributed by atoms with Gasteiger partial charge in [-0.25, -0.2) is 0 Å². The van der Waals surface area contributed by atoms with Crippen LogP contribution in [0.4, 0.5) is 5.69 Å². The predicted molar refractivity (Wildman–Crippen MR) is 78.9 cm³/mol. The van der Waals surface area contributed by atoms with E-state index in [2.05, 4.69) is 42.3 Å². The molecule has 0 amide bonds. The monoisotopic (exact) mass is 246 g/mol. The molecule has 0 heterocycles. The van der Waals surface area contributed by atoms with E-state index in [1.165, 1.54) is 44.2 Å². The molecule has 0 aliphatic heterocycles. The molecular weight excluding hydrogens is 220 g/mol. The fraction of sp³-hybridized carbons (Fsp3) is 0.625. The summed E-state index contributed by atoms with van der Waals surface area (Å²) in [6.07, 6.45) is 8.02. The first-order chi connectivity index (χ1) is 8.76. The molecule has 1 aliphatic carbocycles. The van der Waals surface area contributed by atoms with Crippen molar-refractivity contribution < 1.29 is 0 Å². The molecule has 0 radical (unpaired) electrons. The van der Waals surface area contributed by atoms with Crippen LogP contribution in [0.3, 0.4) is 0 Å². The Hall–Kier alpha value is -1.02. The van der Waals surface area contributed by atoms with Gasteiger partial charge >= 0.3 is 0 Å². The summed E-state index contributed by atoms with van der Waals surface area (Å²) < 4.78 is 0. The van der Waals surface area contributed by atoms with Crippen LogP contribution in [-0.4, -0.2) is 20.1 Å². The van der Waals surface area contributed by atoms with Gasteiger partial charge in [-0.1, -0.05) is 37.5 Å². The smallest absolute Gasteiger partial charge is 0.0363 e. The number of nitrogens with two attached hydrogens (primary N) is 1. The molecule has 2 N–H and O–H groups in total. The summed E-state index contributed by atoms with van der Waals surface area (Å²) in [4.78, 5) is 2.35. The molecule has 0 atom stereocenters. The van der Waals surface area contributed by atoms with Crippen molar-refractivity contribution in [3.05, 3.63) is 30.3 Å². The summed E-state index contributed by atoms with van der Waals surface area (Å²) in [6, 6.07) is 10.6. The van der Waals surface area contributed by atoms with E-state index in [0.29, 0.717) is 5.41 Å². The van der Waals surface area contributed by atoms with Crippen LogP contribution in [0.2, 0.25) is 0 Å². The molecule has 0 bridgehead atoms. The van der Waals surface area contributed by atoms with Crippen molar-refractivity contribution in [2.45, 2.75) is 38.5 Å². The van der Waals surface area contributed by atoms with Crippen LogP contribution in [0.25, 0.3) is 0 Å². The van der Waals surface area contributed by atoms with Crippen LogP contribution in [0.5, 0.6) is 0 Å². The summed E-state index contributed by atoms with van der Waals surface area (Å²) in [7, 11) is 2.18. The summed E-state index contributed by atoms with van der Waals surface area (Å²) >= 11 is 0. The molecule has 1 saturated carbocycles. The highest BCUT2D eigenvalue weighted by atomic mass is 15.1. The van der Waals surface area contributed by atoms with E-state index >= 15 is 0 Å². The Morgan fingerprint density at radius 3 is 2.39 bits per heavy atom. The van der Waals surface area contributed by atoms with E-state index in [4.69, 9.17) is 5.73 Å². The topological polar surface area (TPSA) is 29.3 Å². The third kappa shape index (κ3) is 3.26. The van der Waals surface area contributed by atoms with Crippen LogP contribution in [0, 0.1) is 5.41 Å². The second kappa shape index (κ2) is 6.24. The highest BCUT2D eigenvalue weighted by molar-refractivity contribution is 5.44. The Kier molecular flexibility index (Phi) is 4.65. The molecule has 0 unspecified atom stereocenters. The van der Waals surface area contributed by atoms with Gasteiger partial charge in [0.15, 0.2) is 0 Å². The molecule has 100 valence electrons. The van der Waals surface area contributed by atoms with Gasteiger partial charge in [0.1, 0.15) is 0 Å². The number of hydrogen-bond donors (Lipinski definition) is 1. The second-order valence-corrected chi connectivity index (χ2v) is 5.77. The van der Waals surface area contributed by atoms with Crippen molar-refractivity contribution in [3.63, 3.8) is 0 Å². The fourth-order valence-electron chi connectivity index (χ4n) is 3.07. The normalized spacial score (nSPS) is 18.6. The van der Waals surface area contributed by atoms with Gasteiger partial charge in [-0.15, -0.1) is 0 Å². The van der Waals surface area contributed by atoms with Gasteiger partial charge in [-0.05, 0) is 43.4 Å². The predicted octanol–water partition coefficient (Wildman–Crippen LogP) is 3.42. The Morgan fingerprint density at radius 1 is 1.11 bits per heavy atom. The lowest BCUT2D eigenvalue weighted by Crippen LogP contribution is -2.36. The average molecular weight is 246 g/mol. The maximum absolute atomic E-state index is 6.04. The number of nitrogens with zero attached hydrogens (tertiary/aromatic N) is 1. The Bertz CT molecular complexity index is 341. The summed E-state index contributed by atoms with van der Waals surface area (Å²) in [5.41, 5.74) is 7.77. The van der Waals surface area contributed by atoms with E-state index in [-0.39, 0.29) is 0 Å². The second-order valence-electron chi connectivity index (χ2n) is 5.77. The quantitative estimate of drug-likeness (QED) is 0.862. The van der Waals surface area contributed by atoms with Gasteiger partial charge < -0.3 is 10.6 Å². The molecule has 0 aromatic heterocycles. The number of benzene rings is 1. The number of rotatable bonds is 5. The van der Waals surface area contributed by atoms with Crippen molar-refractivity contribution in [1.82, 2.24) is 0 Å². The minimum atomic E-state index is 0.418. The zero-order valence-electron chi connectivity index (χ0n) is 11.6. The van der Waals surface area contributed by atoms with Crippen molar-refractivity contribution in [2.75, 3.05) is 25.0 Å². The minimum absolute atomic E-state index is 0.418. The maximum atomic E-state index is 6.04. The van der Waals surface area contributed by atoms with E-state index in [0.717, 1.165) is 13.1 Å². The van der Waals surface area contributed by atoms with Gasteiger partial charge in [0.05, 0.1) is 0 Å². The van der Waals surface area contributed by atoms with E-state index < -0.39 is 0 Å². The van der Waals surface area contributed by atoms with Crippen LogP contribution < -0.4 is 10.6 Å². The Labute approximate surface area is 111 Å². The molecule has 18 heavy (non-hydrogen) atoms. The highest BCUT2D eigenvalue weighted by Gasteiger charge is 2.30. The van der Waals surface area contributed by atoms with Crippen molar-refractivity contribution in [1.29, 1.82) is 0 Å². The average Bonchev–Trinajstić information content (AvgIpc) is 2.47. The number of anilines is 1. The third-order valence-corrected chi connectivity index (χ3v) is 4.52. The standard InChI is InChI=1S/C16H26N2/c1-18(15-8-4-2-5-9-15)13-12-16(14-17)10-6-3-7-11-16/h2,4-5,8-9H,3,6-7,10-14,17H2,1H3. The molecule has 2 rings (SSSR count). The SMILES string of the molecule is CN(CCC1(CN)CCCCC1)c1ccccc1. The van der Waals surface area contributed by atoms with E-state index in [1.54, 1.807) is 0 Å². The molecule has 1 aromatic carbocycles. The summed E-state index contributed by atoms with van der Waals surface area (Å²) in [5, 5.41) is 0. The van der Waals surface area contributed by atoms with Gasteiger partial charge in [0.25, 0.3) is 0 Å². The Balaban J connectivity index is 1.90. The summed E-state index contributed by atoms with van der Waals surface area (Å²) in [6.45, 7) is 1.97. The molecule has 1 aromatic rings. The highest BCUT2D eigenvalue weighted by Crippen LogP contribution is 2.38. The van der Waals surface area contributed by atoms with Crippen LogP contribution in [-0.2, 0) is 0 Å². The lowest BCUT2D eigenvalue weighted by Gasteiger charge is -2.37. The van der Waals surface area contributed by atoms with Crippen LogP contribution in [0.15, 0.2) is 30.3 Å². The van der Waals surface area contributed by atoms with Crippen LogP contribution in [0.1, 0.15) is 38.5 Å². The third-order valence-electron chi connectivity index (χ3n) is 4.52. The first kappa shape index (κ1) is 13.4. The molecule has 0 spiro atoms. The summed E-state index contributed by atoms with van der Waals surface area (Å²) in [5.74, 6) is 0. The molecule has 0 saturated heterocycles. The van der Waals surface area contributed by atoms with Crippen LogP contribution >= 0.6 is 0 Å². The lowest BCUT2D eigenvalue weighted by atomic mass is 9.72. The van der Waals surface area contributed by atoms with Crippen molar-refractivity contribution in [2.24, 2.45) is 11.1 Å². The van der Waals surface area contributed by atoms with Gasteiger partial charge in [-0.2, -0.15) is 0 Å². The molecular formula is C16H26N2. The van der Waals surface area contributed by atoms with Crippen molar-refractivity contribution >= 4 is 5.69 Å². The first-order valence-corrected chi connectivity index (χ1v) is 7.22. The van der Waals surface area contributed by atoms with E-state index in [1.807, 2.05) is 0 Å². The van der Waals surface area contributed by atoms with E-state index in [9.17, 15) is 0 Å². The Morgan fingerprint density at radius 2 is 1.78 bits per heavy atom. The largest absolute Gasteiger partial charge is 0.375 e. The fourth-order valence-corrected chi connectivity index (χ4v) is 3.07. The van der Waals surface area contributed by atoms with Gasteiger partial charge in [0, 0.05) is 19.3 Å².